The molecule has 11 rings (SSSR count). The third kappa shape index (κ3) is 3.20. The second-order valence-electron chi connectivity index (χ2n) is 12.0. The van der Waals surface area contributed by atoms with Crippen molar-refractivity contribution in [1.29, 1.82) is 0 Å². The minimum absolute atomic E-state index is 0.926. The average Bonchev–Trinajstić information content (AvgIpc) is 3.87. The second-order valence-corrected chi connectivity index (χ2v) is 14.1. The predicted octanol–water partition coefficient (Wildman–Crippen LogP) is 13.1. The molecular weight excluding hydrogens is 599 g/mol. The first-order chi connectivity index (χ1) is 22.8. The Balaban J connectivity index is 1.37. The molecule has 0 aliphatic rings. The summed E-state index contributed by atoms with van der Waals surface area (Å²) < 4.78 is 14.5. The molecular formula is C42H23NOS2. The standard InChI is InChI=1S/C42H23NOS2/c1-2-11-25(12-3-1)43-32-23-24(26-16-10-17-28-27-13-5-8-19-34(27)45-41(26)28)21-22-29(32)36-37-30-14-4-7-18-33(30)44-40(37)38-31-15-6-9-20-35(31)46-42(38)39(36)43/h1-23H. The molecule has 0 saturated carbocycles. The summed E-state index contributed by atoms with van der Waals surface area (Å²) in [5.74, 6) is 0. The summed E-state index contributed by atoms with van der Waals surface area (Å²) in [4.78, 5) is 0. The highest BCUT2D eigenvalue weighted by atomic mass is 32.1. The Kier molecular flexibility index (Phi) is 4.90. The van der Waals surface area contributed by atoms with Crippen LogP contribution in [0.1, 0.15) is 0 Å². The zero-order valence-corrected chi connectivity index (χ0v) is 26.1. The van der Waals surface area contributed by atoms with Crippen molar-refractivity contribution in [2.75, 3.05) is 0 Å². The van der Waals surface area contributed by atoms with E-state index in [1.165, 1.54) is 78.7 Å². The molecule has 0 aliphatic carbocycles. The number of aromatic nitrogens is 1. The van der Waals surface area contributed by atoms with Gasteiger partial charge >= 0.3 is 0 Å². The molecule has 4 aromatic heterocycles. The lowest BCUT2D eigenvalue weighted by molar-refractivity contribution is 0.673. The molecule has 4 heterocycles. The zero-order valence-electron chi connectivity index (χ0n) is 24.5. The van der Waals surface area contributed by atoms with E-state index in [0.717, 1.165) is 22.2 Å². The maximum Gasteiger partial charge on any atom is 0.145 e. The zero-order chi connectivity index (χ0) is 29.9. The molecule has 0 spiro atoms. The molecule has 0 amide bonds. The van der Waals surface area contributed by atoms with E-state index < -0.39 is 0 Å². The van der Waals surface area contributed by atoms with Gasteiger partial charge < -0.3 is 8.98 Å². The van der Waals surface area contributed by atoms with Crippen LogP contribution in [-0.2, 0) is 0 Å². The number of hydrogen-bond donors (Lipinski definition) is 0. The van der Waals surface area contributed by atoms with Gasteiger partial charge in [-0.05, 0) is 47.5 Å². The van der Waals surface area contributed by atoms with Crippen LogP contribution in [0.4, 0.5) is 0 Å². The molecule has 11 aromatic rings. The quantitative estimate of drug-likeness (QED) is 0.188. The third-order valence-corrected chi connectivity index (χ3v) is 12.0. The van der Waals surface area contributed by atoms with Crippen LogP contribution in [0.3, 0.4) is 0 Å². The van der Waals surface area contributed by atoms with Crippen LogP contribution < -0.4 is 0 Å². The van der Waals surface area contributed by atoms with Crippen molar-refractivity contribution in [1.82, 2.24) is 4.57 Å². The van der Waals surface area contributed by atoms with Crippen LogP contribution in [0, 0.1) is 0 Å². The number of furan rings is 1. The summed E-state index contributed by atoms with van der Waals surface area (Å²) >= 11 is 3.75. The smallest absolute Gasteiger partial charge is 0.145 e. The van der Waals surface area contributed by atoms with Crippen molar-refractivity contribution < 1.29 is 4.42 Å². The number of nitrogens with zero attached hydrogens (tertiary/aromatic N) is 1. The Bertz CT molecular complexity index is 3030. The topological polar surface area (TPSA) is 18.1 Å². The van der Waals surface area contributed by atoms with Crippen LogP contribution in [0.5, 0.6) is 0 Å². The van der Waals surface area contributed by atoms with E-state index in [-0.39, 0.29) is 0 Å². The number of rotatable bonds is 2. The van der Waals surface area contributed by atoms with Gasteiger partial charge in [-0.1, -0.05) is 103 Å². The van der Waals surface area contributed by atoms with Crippen LogP contribution in [0.2, 0.25) is 0 Å². The monoisotopic (exact) mass is 621 g/mol. The highest BCUT2D eigenvalue weighted by molar-refractivity contribution is 7.27. The fourth-order valence-electron chi connectivity index (χ4n) is 7.65. The van der Waals surface area contributed by atoms with Crippen molar-refractivity contribution in [3.05, 3.63) is 140 Å². The van der Waals surface area contributed by atoms with Crippen LogP contribution in [0.15, 0.2) is 144 Å². The molecule has 0 unspecified atom stereocenters. The summed E-state index contributed by atoms with van der Waals surface area (Å²) in [6.45, 7) is 0. The van der Waals surface area contributed by atoms with E-state index in [1.54, 1.807) is 0 Å². The van der Waals surface area contributed by atoms with Gasteiger partial charge in [0, 0.05) is 62.9 Å². The Morgan fingerprint density at radius 3 is 2.04 bits per heavy atom. The van der Waals surface area contributed by atoms with Gasteiger partial charge in [-0.3, -0.25) is 0 Å². The summed E-state index contributed by atoms with van der Waals surface area (Å²) in [5.41, 5.74) is 8.01. The van der Waals surface area contributed by atoms with Crippen molar-refractivity contribution >= 4 is 107 Å². The molecule has 0 radical (unpaired) electrons. The first-order valence-corrected chi connectivity index (χ1v) is 17.2. The van der Waals surface area contributed by atoms with E-state index in [1.807, 2.05) is 22.7 Å². The number of fused-ring (bicyclic) bond motifs is 15. The summed E-state index contributed by atoms with van der Waals surface area (Å²) in [5, 5.41) is 9.94. The summed E-state index contributed by atoms with van der Waals surface area (Å²) in [6.07, 6.45) is 0. The molecule has 214 valence electrons. The Morgan fingerprint density at radius 1 is 0.478 bits per heavy atom. The van der Waals surface area contributed by atoms with Gasteiger partial charge in [0.25, 0.3) is 0 Å². The van der Waals surface area contributed by atoms with Crippen LogP contribution in [0.25, 0.3) is 101 Å². The van der Waals surface area contributed by atoms with Crippen molar-refractivity contribution in [2.24, 2.45) is 0 Å². The Labute approximate surface area is 270 Å². The maximum atomic E-state index is 6.77. The molecule has 2 nitrogen and oxygen atoms in total. The predicted molar refractivity (Wildman–Crippen MR) is 199 cm³/mol. The molecule has 0 bridgehead atoms. The molecule has 0 fully saturated rings. The number of thiophene rings is 2. The largest absolute Gasteiger partial charge is 0.455 e. The van der Waals surface area contributed by atoms with Crippen LogP contribution in [-0.4, -0.2) is 4.57 Å². The van der Waals surface area contributed by atoms with Gasteiger partial charge in [0.2, 0.25) is 0 Å². The first-order valence-electron chi connectivity index (χ1n) is 15.5. The average molecular weight is 622 g/mol. The number of hydrogen-bond acceptors (Lipinski definition) is 3. The van der Waals surface area contributed by atoms with Gasteiger partial charge in [0.15, 0.2) is 0 Å². The molecule has 7 aromatic carbocycles. The molecule has 4 heteroatoms. The highest BCUT2D eigenvalue weighted by Crippen LogP contribution is 2.51. The molecule has 0 saturated heterocycles. The van der Waals surface area contributed by atoms with E-state index in [0.29, 0.717) is 0 Å². The fourth-order valence-corrected chi connectivity index (χ4v) is 10.1. The van der Waals surface area contributed by atoms with E-state index in [4.69, 9.17) is 4.42 Å². The first kappa shape index (κ1) is 24.8. The SMILES string of the molecule is c1ccc(-n2c3cc(-c4cccc5c4sc4ccccc45)ccc3c3c4c5ccccc5oc4c4c5ccccc5sc4c32)cc1. The van der Waals surface area contributed by atoms with Gasteiger partial charge in [0.05, 0.1) is 15.7 Å². The summed E-state index contributed by atoms with van der Waals surface area (Å²) in [7, 11) is 0. The van der Waals surface area contributed by atoms with Gasteiger partial charge in [-0.25, -0.2) is 0 Å². The number of benzene rings is 7. The Morgan fingerprint density at radius 2 is 1.17 bits per heavy atom. The molecule has 46 heavy (non-hydrogen) atoms. The molecule has 0 aliphatic heterocycles. The molecule has 0 atom stereocenters. The Hall–Kier alpha value is -5.42. The minimum atomic E-state index is 0.926. The van der Waals surface area contributed by atoms with E-state index in [2.05, 4.69) is 144 Å². The lowest BCUT2D eigenvalue weighted by atomic mass is 9.99. The highest BCUT2D eigenvalue weighted by Gasteiger charge is 2.25. The van der Waals surface area contributed by atoms with Crippen molar-refractivity contribution in [3.63, 3.8) is 0 Å². The van der Waals surface area contributed by atoms with Crippen molar-refractivity contribution in [2.45, 2.75) is 0 Å². The number of para-hydroxylation sites is 2. The van der Waals surface area contributed by atoms with E-state index in [9.17, 15) is 0 Å². The lowest BCUT2D eigenvalue weighted by Gasteiger charge is -2.10. The van der Waals surface area contributed by atoms with Crippen molar-refractivity contribution in [3.8, 4) is 16.8 Å². The van der Waals surface area contributed by atoms with Gasteiger partial charge in [-0.15, -0.1) is 22.7 Å². The minimum Gasteiger partial charge on any atom is -0.455 e. The third-order valence-electron chi connectivity index (χ3n) is 9.58. The normalized spacial score (nSPS) is 12.3. The lowest BCUT2D eigenvalue weighted by Crippen LogP contribution is -1.93. The van der Waals surface area contributed by atoms with Crippen LogP contribution >= 0.6 is 22.7 Å². The van der Waals surface area contributed by atoms with E-state index >= 15 is 0 Å². The van der Waals surface area contributed by atoms with Gasteiger partial charge in [0.1, 0.15) is 11.2 Å². The van der Waals surface area contributed by atoms with Gasteiger partial charge in [-0.2, -0.15) is 0 Å². The molecule has 0 N–H and O–H groups in total. The maximum absolute atomic E-state index is 6.77. The summed E-state index contributed by atoms with van der Waals surface area (Å²) in [6, 6.07) is 50.7. The second kappa shape index (κ2) is 9.07. The fraction of sp³-hybridized carbons (Fsp3) is 0.